The Kier molecular flexibility index (Phi) is 6.34. The summed E-state index contributed by atoms with van der Waals surface area (Å²) in [4.78, 5) is 2.34. The average Bonchev–Trinajstić information content (AvgIpc) is 2.56. The van der Waals surface area contributed by atoms with Crippen LogP contribution < -0.4 is 5.32 Å². The minimum Gasteiger partial charge on any atom is -0.309 e. The van der Waals surface area contributed by atoms with E-state index in [0.29, 0.717) is 11.6 Å². The van der Waals surface area contributed by atoms with E-state index >= 15 is 0 Å². The molecule has 0 fully saturated rings. The highest BCUT2D eigenvalue weighted by Crippen LogP contribution is 2.13. The third-order valence-corrected chi connectivity index (χ3v) is 4.12. The fraction of sp³-hybridized carbons (Fsp3) is 0.350. The van der Waals surface area contributed by atoms with Gasteiger partial charge in [-0.3, -0.25) is 4.90 Å². The van der Waals surface area contributed by atoms with E-state index in [9.17, 15) is 0 Å². The maximum Gasteiger partial charge on any atom is 0.0991 e. The van der Waals surface area contributed by atoms with Gasteiger partial charge in [0, 0.05) is 25.7 Å². The van der Waals surface area contributed by atoms with Crippen molar-refractivity contribution in [1.82, 2.24) is 10.2 Å². The summed E-state index contributed by atoms with van der Waals surface area (Å²) < 4.78 is 0. The molecule has 0 atom stereocenters. The number of benzene rings is 2. The first-order chi connectivity index (χ1) is 11.1. The van der Waals surface area contributed by atoms with E-state index in [2.05, 4.69) is 61.4 Å². The zero-order valence-corrected chi connectivity index (χ0v) is 14.2. The predicted octanol–water partition coefficient (Wildman–Crippen LogP) is 3.69. The van der Waals surface area contributed by atoms with Crippen LogP contribution in [0.4, 0.5) is 0 Å². The second-order valence-corrected chi connectivity index (χ2v) is 6.19. The van der Waals surface area contributed by atoms with E-state index in [4.69, 9.17) is 5.26 Å². The van der Waals surface area contributed by atoms with Crippen molar-refractivity contribution in [2.75, 3.05) is 7.05 Å². The molecule has 2 aromatic carbocycles. The van der Waals surface area contributed by atoms with Gasteiger partial charge in [0.05, 0.1) is 11.6 Å². The van der Waals surface area contributed by atoms with Gasteiger partial charge in [-0.2, -0.15) is 5.26 Å². The zero-order chi connectivity index (χ0) is 16.7. The Morgan fingerprint density at radius 1 is 1.04 bits per heavy atom. The molecule has 1 N–H and O–H groups in total. The first-order valence-electron chi connectivity index (χ1n) is 8.07. The van der Waals surface area contributed by atoms with Gasteiger partial charge >= 0.3 is 0 Å². The van der Waals surface area contributed by atoms with Gasteiger partial charge in [0.1, 0.15) is 0 Å². The number of nitrogens with one attached hydrogen (secondary N) is 1. The van der Waals surface area contributed by atoms with Crippen LogP contribution >= 0.6 is 0 Å². The van der Waals surface area contributed by atoms with Gasteiger partial charge in [-0.1, -0.05) is 36.4 Å². The fourth-order valence-electron chi connectivity index (χ4n) is 2.43. The van der Waals surface area contributed by atoms with Crippen molar-refractivity contribution < 1.29 is 0 Å². The highest BCUT2D eigenvalue weighted by molar-refractivity contribution is 5.33. The summed E-state index contributed by atoms with van der Waals surface area (Å²) in [6.45, 7) is 6.98. The average molecular weight is 307 g/mol. The molecule has 0 saturated carbocycles. The molecule has 0 heterocycles. The van der Waals surface area contributed by atoms with Crippen LogP contribution in [0.3, 0.4) is 0 Å². The van der Waals surface area contributed by atoms with Gasteiger partial charge in [0.15, 0.2) is 0 Å². The summed E-state index contributed by atoms with van der Waals surface area (Å²) in [5, 5.41) is 12.4. The molecule has 3 heteroatoms. The Balaban J connectivity index is 1.96. The summed E-state index contributed by atoms with van der Waals surface area (Å²) in [6.07, 6.45) is 0. The van der Waals surface area contributed by atoms with Crippen molar-refractivity contribution in [3.8, 4) is 6.07 Å². The van der Waals surface area contributed by atoms with E-state index in [1.54, 1.807) is 0 Å². The van der Waals surface area contributed by atoms with Gasteiger partial charge in [-0.25, -0.2) is 0 Å². The lowest BCUT2D eigenvalue weighted by atomic mass is 10.1. The predicted molar refractivity (Wildman–Crippen MR) is 94.7 cm³/mol. The maximum atomic E-state index is 8.96. The molecule has 0 spiro atoms. The van der Waals surface area contributed by atoms with E-state index in [1.807, 2.05) is 24.3 Å². The largest absolute Gasteiger partial charge is 0.309 e. The highest BCUT2D eigenvalue weighted by Gasteiger charge is 2.07. The summed E-state index contributed by atoms with van der Waals surface area (Å²) in [5.41, 5.74) is 4.54. The number of nitriles is 1. The molecule has 0 amide bonds. The summed E-state index contributed by atoms with van der Waals surface area (Å²) in [5.74, 6) is 0. The topological polar surface area (TPSA) is 39.1 Å². The monoisotopic (exact) mass is 307 g/mol. The first-order valence-corrected chi connectivity index (χ1v) is 8.07. The van der Waals surface area contributed by atoms with Crippen LogP contribution in [0.1, 0.15) is 36.1 Å². The van der Waals surface area contributed by atoms with E-state index in [0.717, 1.165) is 25.2 Å². The molecular formula is C20H25N3. The molecule has 0 saturated heterocycles. The zero-order valence-electron chi connectivity index (χ0n) is 14.2. The van der Waals surface area contributed by atoms with Crippen molar-refractivity contribution in [3.63, 3.8) is 0 Å². The van der Waals surface area contributed by atoms with Gasteiger partial charge in [0.25, 0.3) is 0 Å². The van der Waals surface area contributed by atoms with Crippen LogP contribution in [0.5, 0.6) is 0 Å². The molecule has 0 radical (unpaired) electrons. The van der Waals surface area contributed by atoms with Crippen molar-refractivity contribution in [3.05, 3.63) is 70.8 Å². The molecule has 0 aliphatic carbocycles. The Labute approximate surface area is 139 Å². The molecule has 3 nitrogen and oxygen atoms in total. The van der Waals surface area contributed by atoms with Gasteiger partial charge < -0.3 is 5.32 Å². The molecule has 0 bridgehead atoms. The normalized spacial score (nSPS) is 11.0. The van der Waals surface area contributed by atoms with Crippen LogP contribution in [0, 0.1) is 11.3 Å². The second-order valence-electron chi connectivity index (χ2n) is 6.19. The van der Waals surface area contributed by atoms with Crippen LogP contribution in [-0.4, -0.2) is 18.0 Å². The second kappa shape index (κ2) is 8.47. The minimum absolute atomic E-state index is 0.532. The Morgan fingerprint density at radius 3 is 2.48 bits per heavy atom. The third kappa shape index (κ3) is 5.21. The van der Waals surface area contributed by atoms with E-state index < -0.39 is 0 Å². The van der Waals surface area contributed by atoms with Crippen molar-refractivity contribution in [1.29, 1.82) is 5.26 Å². The van der Waals surface area contributed by atoms with Crippen LogP contribution in [0.25, 0.3) is 0 Å². The Morgan fingerprint density at radius 2 is 1.78 bits per heavy atom. The molecule has 2 aromatic rings. The summed E-state index contributed by atoms with van der Waals surface area (Å²) in [7, 11) is 2.16. The van der Waals surface area contributed by atoms with Crippen LogP contribution in [0.2, 0.25) is 0 Å². The number of hydrogen-bond donors (Lipinski definition) is 1. The molecule has 0 aliphatic heterocycles. The van der Waals surface area contributed by atoms with Crippen LogP contribution in [0.15, 0.2) is 48.5 Å². The SMILES string of the molecule is CC(C)N(C)Cc1ccccc1CNCc1cccc(C#N)c1. The molecule has 0 unspecified atom stereocenters. The molecule has 23 heavy (non-hydrogen) atoms. The lowest BCUT2D eigenvalue weighted by Gasteiger charge is -2.22. The number of hydrogen-bond acceptors (Lipinski definition) is 3. The Bertz CT molecular complexity index is 671. The number of nitrogens with zero attached hydrogens (tertiary/aromatic N) is 2. The molecule has 0 aliphatic rings. The molecular weight excluding hydrogens is 282 g/mol. The molecule has 0 aromatic heterocycles. The lowest BCUT2D eigenvalue weighted by Crippen LogP contribution is -2.26. The number of rotatable bonds is 7. The molecule has 120 valence electrons. The summed E-state index contributed by atoms with van der Waals surface area (Å²) >= 11 is 0. The van der Waals surface area contributed by atoms with Crippen molar-refractivity contribution in [2.45, 2.75) is 39.5 Å². The minimum atomic E-state index is 0.532. The first kappa shape index (κ1) is 17.2. The standard InChI is InChI=1S/C20H25N3/c1-16(2)23(3)15-20-10-5-4-9-19(20)14-22-13-18-8-6-7-17(11-18)12-21/h4-11,16,22H,13-15H2,1-3H3. The molecule has 2 rings (SSSR count). The van der Waals surface area contributed by atoms with Gasteiger partial charge in [0.2, 0.25) is 0 Å². The highest BCUT2D eigenvalue weighted by atomic mass is 15.1. The van der Waals surface area contributed by atoms with Gasteiger partial charge in [-0.05, 0) is 49.7 Å². The van der Waals surface area contributed by atoms with Crippen molar-refractivity contribution >= 4 is 0 Å². The Hall–Kier alpha value is -2.15. The summed E-state index contributed by atoms with van der Waals surface area (Å²) in [6, 6.07) is 19.0. The quantitative estimate of drug-likeness (QED) is 0.848. The lowest BCUT2D eigenvalue weighted by molar-refractivity contribution is 0.265. The fourth-order valence-corrected chi connectivity index (χ4v) is 2.43. The van der Waals surface area contributed by atoms with E-state index in [1.165, 1.54) is 11.1 Å². The van der Waals surface area contributed by atoms with Crippen molar-refractivity contribution in [2.24, 2.45) is 0 Å². The van der Waals surface area contributed by atoms with E-state index in [-0.39, 0.29) is 0 Å². The van der Waals surface area contributed by atoms with Crippen LogP contribution in [-0.2, 0) is 19.6 Å². The van der Waals surface area contributed by atoms with Gasteiger partial charge in [-0.15, -0.1) is 0 Å². The maximum absolute atomic E-state index is 8.96. The third-order valence-electron chi connectivity index (χ3n) is 4.12. The smallest absolute Gasteiger partial charge is 0.0991 e.